The summed E-state index contributed by atoms with van der Waals surface area (Å²) in [4.78, 5) is 1.14. The first-order valence-corrected chi connectivity index (χ1v) is 12.2. The fraction of sp³-hybridized carbons (Fsp3) is 0.500. The molecule has 2 aromatic rings. The number of thioether (sulfide) groups is 1. The number of fused-ring (bicyclic) bond motifs is 5. The summed E-state index contributed by atoms with van der Waals surface area (Å²) in [5.41, 5.74) is 2.01. The average Bonchev–Trinajstić information content (AvgIpc) is 3.01. The maximum absolute atomic E-state index is 11.5. The van der Waals surface area contributed by atoms with Crippen LogP contribution in [0.15, 0.2) is 51.8 Å². The molecule has 157 valence electrons. The van der Waals surface area contributed by atoms with Crippen molar-refractivity contribution in [3.05, 3.63) is 58.1 Å². The van der Waals surface area contributed by atoms with Crippen LogP contribution in [0.3, 0.4) is 0 Å². The second-order valence-corrected chi connectivity index (χ2v) is 11.4. The molecule has 0 amide bonds. The summed E-state index contributed by atoms with van der Waals surface area (Å²) < 4.78 is 1.04. The summed E-state index contributed by atoms with van der Waals surface area (Å²) in [5, 5.41) is 32.3. The largest absolute Gasteiger partial charge is 0.508 e. The minimum absolute atomic E-state index is 0. The Bertz CT molecular complexity index is 923. The zero-order chi connectivity index (χ0) is 20.3. The van der Waals surface area contributed by atoms with Crippen LogP contribution < -0.4 is 0 Å². The molecule has 2 fully saturated rings. The summed E-state index contributed by atoms with van der Waals surface area (Å²) in [6, 6.07) is 13.8. The van der Waals surface area contributed by atoms with Crippen LogP contribution in [0, 0.1) is 61.3 Å². The minimum atomic E-state index is -0.632. The fourth-order valence-electron chi connectivity index (χ4n) is 6.34. The second-order valence-electron chi connectivity index (χ2n) is 9.22. The van der Waals surface area contributed by atoms with Crippen molar-refractivity contribution >= 4 is 27.7 Å². The summed E-state index contributed by atoms with van der Waals surface area (Å²) in [5.74, 6) is 1.29. The van der Waals surface area contributed by atoms with E-state index in [-0.39, 0.29) is 66.6 Å². The number of aliphatic hydroxyl groups is 2. The number of halogens is 1. The van der Waals surface area contributed by atoms with Crippen molar-refractivity contribution in [2.75, 3.05) is 0 Å². The van der Waals surface area contributed by atoms with E-state index in [2.05, 4.69) is 35.0 Å². The molecule has 2 aromatic carbocycles. The molecule has 6 heteroatoms. The average molecular weight is 702 g/mol. The van der Waals surface area contributed by atoms with E-state index >= 15 is 0 Å². The molecule has 1 radical (unpaired) electrons. The number of aromatic hydroxyl groups is 1. The Kier molecular flexibility index (Phi) is 7.07. The molecular weight excluding hydrogens is 675 g/mol. The van der Waals surface area contributed by atoms with Crippen LogP contribution in [0.1, 0.15) is 55.8 Å². The first-order chi connectivity index (χ1) is 13.9. The number of phenolic OH excluding ortho intramolecular Hbond substituents is 1. The molecule has 0 heterocycles. The van der Waals surface area contributed by atoms with Crippen molar-refractivity contribution < 1.29 is 59.4 Å². The van der Waals surface area contributed by atoms with Crippen molar-refractivity contribution in [1.29, 1.82) is 0 Å². The van der Waals surface area contributed by atoms with Gasteiger partial charge in [-0.15, -0.1) is 11.8 Å². The number of aliphatic hydroxyl groups excluding tert-OH is 2. The van der Waals surface area contributed by atoms with Gasteiger partial charge in [-0.25, -0.2) is 0 Å². The number of benzene rings is 2. The molecule has 3 N–H and O–H groups in total. The van der Waals surface area contributed by atoms with Gasteiger partial charge in [-0.3, -0.25) is 0 Å². The third kappa shape index (κ3) is 3.86. The number of phenols is 1. The van der Waals surface area contributed by atoms with E-state index in [0.29, 0.717) is 17.8 Å². The van der Waals surface area contributed by atoms with Crippen LogP contribution >= 0.6 is 27.7 Å². The van der Waals surface area contributed by atoms with Crippen molar-refractivity contribution in [2.45, 2.75) is 60.9 Å². The van der Waals surface area contributed by atoms with Crippen molar-refractivity contribution in [2.24, 2.45) is 17.3 Å². The van der Waals surface area contributed by atoms with Crippen LogP contribution in [0.2, 0.25) is 0 Å². The molecule has 0 aromatic heterocycles. The van der Waals surface area contributed by atoms with Gasteiger partial charge in [0.15, 0.2) is 0 Å². The van der Waals surface area contributed by atoms with Gasteiger partial charge in [0.05, 0.1) is 12.2 Å². The Morgan fingerprint density at radius 1 is 1.00 bits per heavy atom. The normalized spacial score (nSPS) is 36.9. The van der Waals surface area contributed by atoms with Gasteiger partial charge in [-0.2, -0.15) is 0 Å². The van der Waals surface area contributed by atoms with Crippen molar-refractivity contribution in [3.63, 3.8) is 0 Å². The summed E-state index contributed by atoms with van der Waals surface area (Å²) in [6.07, 6.45) is 3.05. The smallest absolute Gasteiger partial charge is 0.115 e. The van der Waals surface area contributed by atoms with Crippen LogP contribution in [0.5, 0.6) is 5.75 Å². The van der Waals surface area contributed by atoms with Gasteiger partial charge >= 0.3 is 0 Å². The van der Waals surface area contributed by atoms with E-state index in [9.17, 15) is 15.3 Å². The molecule has 3 aliphatic rings. The quantitative estimate of drug-likeness (QED) is 0.380. The third-order valence-electron chi connectivity index (χ3n) is 7.85. The predicted octanol–water partition coefficient (Wildman–Crippen LogP) is 5.63. The van der Waals surface area contributed by atoms with Crippen LogP contribution in [-0.2, 0) is 0 Å². The number of rotatable bonds is 2. The zero-order valence-corrected chi connectivity index (χ0v) is 24.2. The summed E-state index contributed by atoms with van der Waals surface area (Å²) in [6.45, 7) is 2.26. The Balaban J connectivity index is 0.00000218. The molecule has 3 aliphatic carbocycles. The fourth-order valence-corrected chi connectivity index (χ4v) is 8.03. The Morgan fingerprint density at radius 2 is 1.73 bits per heavy atom. The number of hydrogen-bond donors (Lipinski definition) is 3. The first-order valence-electron chi connectivity index (χ1n) is 10.5. The van der Waals surface area contributed by atoms with E-state index in [1.54, 1.807) is 23.9 Å². The van der Waals surface area contributed by atoms with Crippen molar-refractivity contribution in [1.82, 2.24) is 0 Å². The topological polar surface area (TPSA) is 60.7 Å². The molecule has 0 bridgehead atoms. The first kappa shape index (κ1) is 23.6. The molecule has 5 rings (SSSR count). The zero-order valence-electron chi connectivity index (χ0n) is 17.0. The van der Waals surface area contributed by atoms with E-state index in [1.165, 1.54) is 5.56 Å². The van der Waals surface area contributed by atoms with Crippen LogP contribution in [0.4, 0.5) is 0 Å². The SMILES string of the molecule is CC12CCC3c4ccc(O)cc4C(O)C(Sc4ccc(Br)cc4)C3C1CCC2O.[Ac]. The van der Waals surface area contributed by atoms with Gasteiger partial charge in [0, 0.05) is 58.7 Å². The third-order valence-corrected chi connectivity index (χ3v) is 9.76. The molecule has 0 aliphatic heterocycles. The molecule has 3 nitrogen and oxygen atoms in total. The monoisotopic (exact) mass is 701 g/mol. The Labute approximate surface area is 226 Å². The molecule has 7 unspecified atom stereocenters. The van der Waals surface area contributed by atoms with E-state index < -0.39 is 6.10 Å². The minimum Gasteiger partial charge on any atom is -0.508 e. The molecule has 30 heavy (non-hydrogen) atoms. The Hall–Kier alpha value is 0.432. The van der Waals surface area contributed by atoms with Gasteiger partial charge in [-0.05, 0) is 96.4 Å². The molecule has 2 saturated carbocycles. The van der Waals surface area contributed by atoms with Gasteiger partial charge in [0.25, 0.3) is 0 Å². The maximum atomic E-state index is 11.5. The molecule has 0 spiro atoms. The van der Waals surface area contributed by atoms with E-state index in [1.807, 2.05) is 18.2 Å². The van der Waals surface area contributed by atoms with Gasteiger partial charge in [0.1, 0.15) is 5.75 Å². The second kappa shape index (κ2) is 8.99. The van der Waals surface area contributed by atoms with E-state index in [4.69, 9.17) is 0 Å². The molecular formula is C24H27AcBrO3S. The maximum Gasteiger partial charge on any atom is 0.115 e. The molecule has 7 atom stereocenters. The van der Waals surface area contributed by atoms with Gasteiger partial charge in [0.2, 0.25) is 0 Å². The summed E-state index contributed by atoms with van der Waals surface area (Å²) in [7, 11) is 0. The van der Waals surface area contributed by atoms with Gasteiger partial charge < -0.3 is 15.3 Å². The standard InChI is InChI=1S/C24H27BrO3S.Ac/c1-24-11-10-17-16-7-4-14(26)12-18(16)22(28)23(21(17)19(24)8-9-20(24)27)29-15-5-2-13(25)3-6-15;/h2-7,12,17,19-23,26-28H,8-11H2,1H3;. The predicted molar refractivity (Wildman–Crippen MR) is 119 cm³/mol. The van der Waals surface area contributed by atoms with Gasteiger partial charge in [-0.1, -0.05) is 28.9 Å². The van der Waals surface area contributed by atoms with Crippen LogP contribution in [0.25, 0.3) is 0 Å². The van der Waals surface area contributed by atoms with Crippen LogP contribution in [-0.4, -0.2) is 26.7 Å². The summed E-state index contributed by atoms with van der Waals surface area (Å²) >= 11 is 5.25. The molecule has 0 saturated heterocycles. The Morgan fingerprint density at radius 3 is 2.47 bits per heavy atom. The number of hydrogen-bond acceptors (Lipinski definition) is 4. The van der Waals surface area contributed by atoms with Crippen molar-refractivity contribution in [3.8, 4) is 5.75 Å². The van der Waals surface area contributed by atoms with E-state index in [0.717, 1.165) is 40.6 Å².